The maximum atomic E-state index is 12.9. The third kappa shape index (κ3) is 5.84. The molecule has 4 rings (SSSR count). The number of hydrogen-bond donors (Lipinski definition) is 1. The fourth-order valence-corrected chi connectivity index (χ4v) is 5.06. The molecule has 0 saturated carbocycles. The minimum atomic E-state index is -4.03. The van der Waals surface area contributed by atoms with E-state index in [0.717, 1.165) is 25.7 Å². The Bertz CT molecular complexity index is 1320. The van der Waals surface area contributed by atoms with E-state index in [0.29, 0.717) is 24.2 Å². The van der Waals surface area contributed by atoms with E-state index in [9.17, 15) is 23.3 Å². The van der Waals surface area contributed by atoms with Crippen LogP contribution in [0.3, 0.4) is 0 Å². The van der Waals surface area contributed by atoms with E-state index in [1.54, 1.807) is 24.0 Å². The smallest absolute Gasteiger partial charge is 0.273 e. The van der Waals surface area contributed by atoms with E-state index >= 15 is 0 Å². The predicted molar refractivity (Wildman–Crippen MR) is 133 cm³/mol. The maximum absolute atomic E-state index is 12.9. The summed E-state index contributed by atoms with van der Waals surface area (Å²) in [5.41, 5.74) is 2.08. The number of nitro groups is 1. The normalized spacial score (nSPS) is 14.5. The molecule has 1 aliphatic rings. The highest BCUT2D eigenvalue weighted by Gasteiger charge is 2.23. The van der Waals surface area contributed by atoms with Crippen LogP contribution in [0.4, 0.5) is 11.4 Å². The average Bonchev–Trinajstić information content (AvgIpc) is 2.85. The summed E-state index contributed by atoms with van der Waals surface area (Å²) >= 11 is 0. The van der Waals surface area contributed by atoms with E-state index in [2.05, 4.69) is 21.8 Å². The molecule has 0 radical (unpaired) electrons. The Labute approximate surface area is 204 Å². The van der Waals surface area contributed by atoms with Gasteiger partial charge in [-0.05, 0) is 42.8 Å². The number of carbonyl (C=O) groups is 1. The van der Waals surface area contributed by atoms with Crippen LogP contribution in [-0.2, 0) is 16.6 Å². The highest BCUT2D eigenvalue weighted by atomic mass is 32.2. The monoisotopic (exact) mass is 494 g/mol. The van der Waals surface area contributed by atoms with Crippen molar-refractivity contribution in [1.29, 1.82) is 0 Å². The molecule has 1 saturated heterocycles. The lowest BCUT2D eigenvalue weighted by Gasteiger charge is -2.34. The number of aryl methyl sites for hydroxylation is 1. The second-order valence-corrected chi connectivity index (χ2v) is 10.1. The van der Waals surface area contributed by atoms with Gasteiger partial charge in [0.25, 0.3) is 21.6 Å². The molecule has 0 unspecified atom stereocenters. The minimum absolute atomic E-state index is 0.104. The van der Waals surface area contributed by atoms with Crippen molar-refractivity contribution in [2.75, 3.05) is 30.9 Å². The van der Waals surface area contributed by atoms with Gasteiger partial charge in [-0.15, -0.1) is 0 Å². The summed E-state index contributed by atoms with van der Waals surface area (Å²) in [7, 11) is -4.03. The second kappa shape index (κ2) is 10.2. The highest BCUT2D eigenvalue weighted by molar-refractivity contribution is 7.92. The van der Waals surface area contributed by atoms with Crippen molar-refractivity contribution < 1.29 is 18.1 Å². The molecule has 0 aromatic heterocycles. The molecule has 3 aromatic rings. The van der Waals surface area contributed by atoms with Crippen LogP contribution in [0.2, 0.25) is 0 Å². The zero-order valence-corrected chi connectivity index (χ0v) is 20.1. The lowest BCUT2D eigenvalue weighted by molar-refractivity contribution is -0.385. The number of hydrogen-bond acceptors (Lipinski definition) is 6. The number of rotatable bonds is 7. The van der Waals surface area contributed by atoms with Crippen molar-refractivity contribution in [3.8, 4) is 0 Å². The van der Waals surface area contributed by atoms with Gasteiger partial charge in [0.1, 0.15) is 0 Å². The Morgan fingerprint density at radius 3 is 2.26 bits per heavy atom. The molecule has 0 atom stereocenters. The Morgan fingerprint density at radius 2 is 1.63 bits per heavy atom. The first-order valence-corrected chi connectivity index (χ1v) is 12.6. The number of nitrogens with zero attached hydrogens (tertiary/aromatic N) is 3. The van der Waals surface area contributed by atoms with E-state index < -0.39 is 14.9 Å². The van der Waals surface area contributed by atoms with Gasteiger partial charge in [0.15, 0.2) is 0 Å². The van der Waals surface area contributed by atoms with Gasteiger partial charge in [0.05, 0.1) is 9.82 Å². The Balaban J connectivity index is 1.37. The summed E-state index contributed by atoms with van der Waals surface area (Å²) in [6, 6.07) is 20.1. The number of anilines is 1. The second-order valence-electron chi connectivity index (χ2n) is 8.44. The average molecular weight is 495 g/mol. The largest absolute Gasteiger partial charge is 0.336 e. The van der Waals surface area contributed by atoms with Crippen LogP contribution in [0.5, 0.6) is 0 Å². The van der Waals surface area contributed by atoms with E-state index in [1.807, 2.05) is 18.2 Å². The molecule has 1 N–H and O–H groups in total. The van der Waals surface area contributed by atoms with Crippen molar-refractivity contribution in [1.82, 2.24) is 9.80 Å². The molecule has 0 spiro atoms. The highest BCUT2D eigenvalue weighted by Crippen LogP contribution is 2.24. The molecular weight excluding hydrogens is 468 g/mol. The van der Waals surface area contributed by atoms with Gasteiger partial charge < -0.3 is 4.90 Å². The summed E-state index contributed by atoms with van der Waals surface area (Å²) in [5, 5.41) is 11.1. The standard InChI is InChI=1S/C25H26N4O5S/c1-19-7-12-23(17-24(19)29(31)32)35(33,34)26-22-10-8-21(9-11-22)25(30)28-15-13-27(14-16-28)18-20-5-3-2-4-6-20/h2-12,17,26H,13-16,18H2,1H3. The van der Waals surface area contributed by atoms with Crippen molar-refractivity contribution in [2.45, 2.75) is 18.4 Å². The third-order valence-electron chi connectivity index (χ3n) is 5.98. The van der Waals surface area contributed by atoms with Crippen molar-refractivity contribution in [3.63, 3.8) is 0 Å². The molecule has 1 fully saturated rings. The van der Waals surface area contributed by atoms with Gasteiger partial charge in [-0.1, -0.05) is 36.4 Å². The maximum Gasteiger partial charge on any atom is 0.273 e. The predicted octanol–water partition coefficient (Wildman–Crippen LogP) is 3.66. The lowest BCUT2D eigenvalue weighted by Crippen LogP contribution is -2.48. The summed E-state index contributed by atoms with van der Waals surface area (Å²) in [4.78, 5) is 27.4. The SMILES string of the molecule is Cc1ccc(S(=O)(=O)Nc2ccc(C(=O)N3CCN(Cc4ccccc4)CC3)cc2)cc1[N+](=O)[O-]. The van der Waals surface area contributed by atoms with Gasteiger partial charge in [-0.3, -0.25) is 24.5 Å². The van der Waals surface area contributed by atoms with E-state index in [4.69, 9.17) is 0 Å². The van der Waals surface area contributed by atoms with Crippen molar-refractivity contribution in [3.05, 3.63) is 99.6 Å². The molecule has 1 amide bonds. The molecule has 0 bridgehead atoms. The molecular formula is C25H26N4O5S. The van der Waals surface area contributed by atoms with Crippen LogP contribution in [0, 0.1) is 17.0 Å². The Morgan fingerprint density at radius 1 is 0.971 bits per heavy atom. The first-order valence-electron chi connectivity index (χ1n) is 11.2. The zero-order valence-electron chi connectivity index (χ0n) is 19.3. The van der Waals surface area contributed by atoms with Crippen LogP contribution in [0.1, 0.15) is 21.5 Å². The Hall–Kier alpha value is -3.76. The van der Waals surface area contributed by atoms with Gasteiger partial charge in [-0.25, -0.2) is 8.42 Å². The topological polar surface area (TPSA) is 113 Å². The third-order valence-corrected chi connectivity index (χ3v) is 7.36. The zero-order chi connectivity index (χ0) is 25.0. The van der Waals surface area contributed by atoms with Crippen LogP contribution in [0.15, 0.2) is 77.7 Å². The van der Waals surface area contributed by atoms with Gasteiger partial charge in [-0.2, -0.15) is 0 Å². The summed E-state index contributed by atoms with van der Waals surface area (Å²) in [5.74, 6) is -0.104. The number of nitrogens with one attached hydrogen (secondary N) is 1. The number of nitro benzene ring substituents is 1. The fraction of sp³-hybridized carbons (Fsp3) is 0.240. The molecule has 1 aliphatic heterocycles. The number of carbonyl (C=O) groups excluding carboxylic acids is 1. The number of amides is 1. The van der Waals surface area contributed by atoms with Gasteiger partial charge in [0.2, 0.25) is 0 Å². The number of sulfonamides is 1. The quantitative estimate of drug-likeness (QED) is 0.396. The van der Waals surface area contributed by atoms with Crippen LogP contribution in [-0.4, -0.2) is 55.2 Å². The minimum Gasteiger partial charge on any atom is -0.336 e. The lowest BCUT2D eigenvalue weighted by atomic mass is 10.1. The van der Waals surface area contributed by atoms with Gasteiger partial charge in [0, 0.05) is 55.6 Å². The van der Waals surface area contributed by atoms with E-state index in [1.165, 1.54) is 29.8 Å². The van der Waals surface area contributed by atoms with Crippen LogP contribution >= 0.6 is 0 Å². The van der Waals surface area contributed by atoms with Crippen molar-refractivity contribution in [2.24, 2.45) is 0 Å². The van der Waals surface area contributed by atoms with Crippen LogP contribution < -0.4 is 4.72 Å². The molecule has 182 valence electrons. The molecule has 1 heterocycles. The summed E-state index contributed by atoms with van der Waals surface area (Å²) in [6.07, 6.45) is 0. The van der Waals surface area contributed by atoms with Gasteiger partial charge >= 0.3 is 0 Å². The Kier molecular flexibility index (Phi) is 7.13. The number of benzene rings is 3. The molecule has 3 aromatic carbocycles. The number of piperazine rings is 1. The van der Waals surface area contributed by atoms with E-state index in [-0.39, 0.29) is 22.2 Å². The fourth-order valence-electron chi connectivity index (χ4n) is 3.98. The van der Waals surface area contributed by atoms with Crippen molar-refractivity contribution >= 4 is 27.3 Å². The molecule has 9 nitrogen and oxygen atoms in total. The molecule has 10 heteroatoms. The molecule has 0 aliphatic carbocycles. The summed E-state index contributed by atoms with van der Waals surface area (Å²) in [6.45, 7) is 5.18. The molecule has 35 heavy (non-hydrogen) atoms. The summed E-state index contributed by atoms with van der Waals surface area (Å²) < 4.78 is 27.8. The van der Waals surface area contributed by atoms with Crippen LogP contribution in [0.25, 0.3) is 0 Å². The first kappa shape index (κ1) is 24.4. The first-order chi connectivity index (χ1) is 16.7.